The van der Waals surface area contributed by atoms with Gasteiger partial charge in [-0.05, 0) is 30.2 Å². The predicted molar refractivity (Wildman–Crippen MR) is 109 cm³/mol. The number of hydrogen-bond donors (Lipinski definition) is 1. The lowest BCUT2D eigenvalue weighted by atomic mass is 9.91. The van der Waals surface area contributed by atoms with E-state index >= 15 is 0 Å². The molecule has 1 N–H and O–H groups in total. The molecular weight excluding hydrogens is 350 g/mol. The third-order valence-electron chi connectivity index (χ3n) is 4.99. The Balaban J connectivity index is 1.49. The molecule has 1 aliphatic heterocycles. The predicted octanol–water partition coefficient (Wildman–Crippen LogP) is 4.16. The van der Waals surface area contributed by atoms with Crippen LogP contribution in [0.2, 0.25) is 0 Å². The lowest BCUT2D eigenvalue weighted by Crippen LogP contribution is -2.49. The van der Waals surface area contributed by atoms with Crippen LogP contribution in [0.25, 0.3) is 0 Å². The summed E-state index contributed by atoms with van der Waals surface area (Å²) < 4.78 is 11.8. The molecule has 0 saturated heterocycles. The van der Waals surface area contributed by atoms with Gasteiger partial charge in [0, 0.05) is 12.5 Å². The Kier molecular flexibility index (Phi) is 5.29. The number of benzene rings is 3. The summed E-state index contributed by atoms with van der Waals surface area (Å²) in [6.45, 7) is 2.34. The summed E-state index contributed by atoms with van der Waals surface area (Å²) in [6.07, 6.45) is -1.04. The zero-order valence-electron chi connectivity index (χ0n) is 15.7. The molecule has 3 aromatic carbocycles. The SMILES string of the molecule is CC1Oc2ccccc2OC1C(=O)NCC(c1ccccc1)c1ccccc1. The molecule has 2 unspecified atom stereocenters. The lowest BCUT2D eigenvalue weighted by Gasteiger charge is -2.31. The Morgan fingerprint density at radius 1 is 0.821 bits per heavy atom. The number of carbonyl (C=O) groups excluding carboxylic acids is 1. The van der Waals surface area contributed by atoms with E-state index in [-0.39, 0.29) is 17.9 Å². The van der Waals surface area contributed by atoms with Gasteiger partial charge in [-0.3, -0.25) is 4.79 Å². The Hall–Kier alpha value is -3.27. The van der Waals surface area contributed by atoms with Crippen molar-refractivity contribution >= 4 is 5.91 Å². The number of carbonyl (C=O) groups is 1. The number of para-hydroxylation sites is 2. The molecule has 28 heavy (non-hydrogen) atoms. The number of hydrogen-bond acceptors (Lipinski definition) is 3. The molecule has 0 spiro atoms. The molecule has 0 bridgehead atoms. The summed E-state index contributed by atoms with van der Waals surface area (Å²) in [5.41, 5.74) is 2.32. The van der Waals surface area contributed by atoms with Crippen molar-refractivity contribution in [1.82, 2.24) is 5.32 Å². The first-order valence-corrected chi connectivity index (χ1v) is 9.52. The minimum atomic E-state index is -0.679. The van der Waals surface area contributed by atoms with Gasteiger partial charge in [0.1, 0.15) is 6.10 Å². The number of amides is 1. The molecule has 2 atom stereocenters. The number of rotatable bonds is 5. The van der Waals surface area contributed by atoms with Crippen molar-refractivity contribution in [2.24, 2.45) is 0 Å². The Morgan fingerprint density at radius 3 is 1.89 bits per heavy atom. The molecule has 1 heterocycles. The second-order valence-corrected chi connectivity index (χ2v) is 6.93. The summed E-state index contributed by atoms with van der Waals surface area (Å²) in [5, 5.41) is 3.07. The van der Waals surface area contributed by atoms with Crippen molar-refractivity contribution < 1.29 is 14.3 Å². The van der Waals surface area contributed by atoms with E-state index in [9.17, 15) is 4.79 Å². The first-order chi connectivity index (χ1) is 13.7. The summed E-state index contributed by atoms with van der Waals surface area (Å²) in [4.78, 5) is 12.9. The normalized spacial score (nSPS) is 17.9. The molecular formula is C24H23NO3. The topological polar surface area (TPSA) is 47.6 Å². The van der Waals surface area contributed by atoms with E-state index in [4.69, 9.17) is 9.47 Å². The summed E-state index contributed by atoms with van der Waals surface area (Å²) in [6, 6.07) is 27.8. The van der Waals surface area contributed by atoms with Gasteiger partial charge >= 0.3 is 0 Å². The van der Waals surface area contributed by atoms with Crippen molar-refractivity contribution in [1.29, 1.82) is 0 Å². The van der Waals surface area contributed by atoms with Gasteiger partial charge in [-0.15, -0.1) is 0 Å². The summed E-state index contributed by atoms with van der Waals surface area (Å²) in [7, 11) is 0. The Labute approximate surface area is 165 Å². The Morgan fingerprint density at radius 2 is 1.32 bits per heavy atom. The van der Waals surface area contributed by atoms with Crippen LogP contribution < -0.4 is 14.8 Å². The van der Waals surface area contributed by atoms with Crippen LogP contribution >= 0.6 is 0 Å². The molecule has 142 valence electrons. The van der Waals surface area contributed by atoms with Crippen molar-refractivity contribution in [3.8, 4) is 11.5 Å². The van der Waals surface area contributed by atoms with E-state index in [1.807, 2.05) is 67.6 Å². The van der Waals surface area contributed by atoms with Crippen molar-refractivity contribution in [3.63, 3.8) is 0 Å². The third kappa shape index (κ3) is 3.86. The number of nitrogens with one attached hydrogen (secondary N) is 1. The summed E-state index contributed by atoms with van der Waals surface area (Å²) in [5.74, 6) is 1.17. The molecule has 1 aliphatic rings. The highest BCUT2D eigenvalue weighted by Crippen LogP contribution is 2.33. The van der Waals surface area contributed by atoms with Crippen LogP contribution in [0.3, 0.4) is 0 Å². The third-order valence-corrected chi connectivity index (χ3v) is 4.99. The molecule has 1 amide bonds. The monoisotopic (exact) mass is 373 g/mol. The zero-order valence-corrected chi connectivity index (χ0v) is 15.7. The summed E-state index contributed by atoms with van der Waals surface area (Å²) >= 11 is 0. The number of ether oxygens (including phenoxy) is 2. The average molecular weight is 373 g/mol. The van der Waals surface area contributed by atoms with Crippen molar-refractivity contribution in [3.05, 3.63) is 96.1 Å². The maximum atomic E-state index is 12.9. The maximum Gasteiger partial charge on any atom is 0.265 e. The molecule has 4 heteroatoms. The van der Waals surface area contributed by atoms with Gasteiger partial charge in [-0.1, -0.05) is 72.8 Å². The molecule has 0 radical (unpaired) electrons. The molecule has 0 fully saturated rings. The first-order valence-electron chi connectivity index (χ1n) is 9.52. The lowest BCUT2D eigenvalue weighted by molar-refractivity contribution is -0.133. The van der Waals surface area contributed by atoms with Crippen LogP contribution in [0.1, 0.15) is 24.0 Å². The largest absolute Gasteiger partial charge is 0.482 e. The number of fused-ring (bicyclic) bond motifs is 1. The van der Waals surface area contributed by atoms with E-state index < -0.39 is 6.10 Å². The average Bonchev–Trinajstić information content (AvgIpc) is 2.75. The van der Waals surface area contributed by atoms with Crippen LogP contribution in [0.5, 0.6) is 11.5 Å². The first kappa shape index (κ1) is 18.1. The zero-order chi connectivity index (χ0) is 19.3. The van der Waals surface area contributed by atoms with Crippen LogP contribution in [-0.4, -0.2) is 24.7 Å². The molecule has 4 rings (SSSR count). The van der Waals surface area contributed by atoms with E-state index in [1.165, 1.54) is 0 Å². The van der Waals surface area contributed by atoms with E-state index in [0.717, 1.165) is 11.1 Å². The van der Waals surface area contributed by atoms with Gasteiger partial charge in [0.2, 0.25) is 6.10 Å². The highest BCUT2D eigenvalue weighted by Gasteiger charge is 2.34. The maximum absolute atomic E-state index is 12.9. The minimum Gasteiger partial charge on any atom is -0.482 e. The fourth-order valence-electron chi connectivity index (χ4n) is 3.51. The van der Waals surface area contributed by atoms with E-state index in [0.29, 0.717) is 18.0 Å². The standard InChI is InChI=1S/C24H23NO3/c1-17-23(28-22-15-9-8-14-21(22)27-17)24(26)25-16-20(18-10-4-2-5-11-18)19-12-6-3-7-13-19/h2-15,17,20,23H,16H2,1H3,(H,25,26). The van der Waals surface area contributed by atoms with Gasteiger partial charge in [-0.25, -0.2) is 0 Å². The minimum absolute atomic E-state index is 0.0680. The van der Waals surface area contributed by atoms with Gasteiger partial charge in [0.25, 0.3) is 5.91 Å². The van der Waals surface area contributed by atoms with Crippen LogP contribution in [-0.2, 0) is 4.79 Å². The molecule has 3 aromatic rings. The van der Waals surface area contributed by atoms with Crippen molar-refractivity contribution in [2.45, 2.75) is 25.0 Å². The fourth-order valence-corrected chi connectivity index (χ4v) is 3.51. The molecule has 4 nitrogen and oxygen atoms in total. The van der Waals surface area contributed by atoms with Crippen LogP contribution in [0.4, 0.5) is 0 Å². The smallest absolute Gasteiger partial charge is 0.265 e. The second-order valence-electron chi connectivity index (χ2n) is 6.93. The van der Waals surface area contributed by atoms with Gasteiger partial charge < -0.3 is 14.8 Å². The molecule has 0 saturated carbocycles. The quantitative estimate of drug-likeness (QED) is 0.730. The fraction of sp³-hybridized carbons (Fsp3) is 0.208. The van der Waals surface area contributed by atoms with Crippen molar-refractivity contribution in [2.75, 3.05) is 6.54 Å². The highest BCUT2D eigenvalue weighted by molar-refractivity contribution is 5.82. The van der Waals surface area contributed by atoms with Crippen LogP contribution in [0, 0.1) is 0 Å². The molecule has 0 aromatic heterocycles. The van der Waals surface area contributed by atoms with Gasteiger partial charge in [0.15, 0.2) is 11.5 Å². The van der Waals surface area contributed by atoms with E-state index in [1.54, 1.807) is 0 Å². The molecule has 0 aliphatic carbocycles. The van der Waals surface area contributed by atoms with E-state index in [2.05, 4.69) is 29.6 Å². The Bertz CT molecular complexity index is 887. The van der Waals surface area contributed by atoms with Crippen LogP contribution in [0.15, 0.2) is 84.9 Å². The highest BCUT2D eigenvalue weighted by atomic mass is 16.6. The second kappa shape index (κ2) is 8.17. The van der Waals surface area contributed by atoms with Gasteiger partial charge in [-0.2, -0.15) is 0 Å². The van der Waals surface area contributed by atoms with Gasteiger partial charge in [0.05, 0.1) is 0 Å².